The Bertz CT molecular complexity index is 385. The maximum atomic E-state index is 13.4. The van der Waals surface area contributed by atoms with Gasteiger partial charge in [-0.3, -0.25) is 0 Å². The highest BCUT2D eigenvalue weighted by Crippen LogP contribution is 2.23. The van der Waals surface area contributed by atoms with Crippen molar-refractivity contribution in [3.05, 3.63) is 35.1 Å². The molecule has 0 aromatic heterocycles. The van der Waals surface area contributed by atoms with Crippen molar-refractivity contribution in [1.29, 1.82) is 0 Å². The zero-order valence-electron chi connectivity index (χ0n) is 8.25. The molecule has 0 amide bonds. The first kappa shape index (κ1) is 9.19. The van der Waals surface area contributed by atoms with Crippen LogP contribution in [0.1, 0.15) is 25.0 Å². The van der Waals surface area contributed by atoms with E-state index < -0.39 is 0 Å². The van der Waals surface area contributed by atoms with E-state index in [4.69, 9.17) is 4.74 Å². The van der Waals surface area contributed by atoms with Crippen LogP contribution in [0.25, 0.3) is 0 Å². The van der Waals surface area contributed by atoms with Crippen LogP contribution in [0, 0.1) is 5.82 Å². The first-order chi connectivity index (χ1) is 6.68. The van der Waals surface area contributed by atoms with E-state index in [1.807, 2.05) is 19.9 Å². The molecule has 0 spiro atoms. The number of nitrogens with zero attached hydrogens (tertiary/aromatic N) is 1. The van der Waals surface area contributed by atoms with E-state index in [1.165, 1.54) is 6.07 Å². The molecule has 0 unspecified atom stereocenters. The van der Waals surface area contributed by atoms with Gasteiger partial charge in [-0.15, -0.1) is 0 Å². The van der Waals surface area contributed by atoms with E-state index >= 15 is 0 Å². The van der Waals surface area contributed by atoms with Gasteiger partial charge >= 0.3 is 0 Å². The molecule has 1 aromatic carbocycles. The summed E-state index contributed by atoms with van der Waals surface area (Å²) in [6.07, 6.45) is 0. The first-order valence-corrected chi connectivity index (χ1v) is 4.67. The van der Waals surface area contributed by atoms with Gasteiger partial charge in [0, 0.05) is 11.6 Å². The highest BCUT2D eigenvalue weighted by atomic mass is 19.1. The van der Waals surface area contributed by atoms with Gasteiger partial charge in [-0.1, -0.05) is 12.1 Å². The third kappa shape index (κ3) is 1.50. The largest absolute Gasteiger partial charge is 0.472 e. The highest BCUT2D eigenvalue weighted by Gasteiger charge is 2.22. The van der Waals surface area contributed by atoms with Crippen molar-refractivity contribution in [2.45, 2.75) is 26.5 Å². The van der Waals surface area contributed by atoms with E-state index in [1.54, 1.807) is 6.07 Å². The fourth-order valence-corrected chi connectivity index (χ4v) is 1.48. The smallest absolute Gasteiger partial charge is 0.220 e. The van der Waals surface area contributed by atoms with Crippen molar-refractivity contribution in [1.82, 2.24) is 0 Å². The van der Waals surface area contributed by atoms with Crippen molar-refractivity contribution in [3.63, 3.8) is 0 Å². The second-order valence-corrected chi connectivity index (χ2v) is 3.59. The van der Waals surface area contributed by atoms with Crippen LogP contribution in [0.2, 0.25) is 0 Å². The molecule has 1 heterocycles. The van der Waals surface area contributed by atoms with Crippen molar-refractivity contribution in [2.75, 3.05) is 0 Å². The summed E-state index contributed by atoms with van der Waals surface area (Å²) in [7, 11) is 0. The van der Waals surface area contributed by atoms with Crippen LogP contribution in [-0.4, -0.2) is 11.9 Å². The summed E-state index contributed by atoms with van der Waals surface area (Å²) in [6.45, 7) is 4.31. The molecule has 0 aliphatic carbocycles. The Hall–Kier alpha value is -1.38. The Kier molecular flexibility index (Phi) is 2.23. The zero-order chi connectivity index (χ0) is 10.1. The molecule has 2 rings (SSSR count). The quantitative estimate of drug-likeness (QED) is 0.671. The number of hydrogen-bond acceptors (Lipinski definition) is 2. The van der Waals surface area contributed by atoms with E-state index in [0.717, 1.165) is 5.56 Å². The number of rotatable bonds is 1. The lowest BCUT2D eigenvalue weighted by molar-refractivity contribution is 0.310. The summed E-state index contributed by atoms with van der Waals surface area (Å²) < 4.78 is 18.8. The third-order valence-corrected chi connectivity index (χ3v) is 2.05. The van der Waals surface area contributed by atoms with Crippen LogP contribution < -0.4 is 0 Å². The molecule has 1 aromatic rings. The molecule has 0 fully saturated rings. The van der Waals surface area contributed by atoms with Crippen molar-refractivity contribution in [2.24, 2.45) is 4.99 Å². The van der Waals surface area contributed by atoms with E-state index in [2.05, 4.69) is 4.99 Å². The molecular weight excluding hydrogens is 181 g/mol. The van der Waals surface area contributed by atoms with Crippen LogP contribution in [0.5, 0.6) is 0 Å². The van der Waals surface area contributed by atoms with Gasteiger partial charge in [-0.25, -0.2) is 9.38 Å². The number of benzene rings is 1. The van der Waals surface area contributed by atoms with Crippen LogP contribution in [0.4, 0.5) is 4.39 Å². The van der Waals surface area contributed by atoms with Gasteiger partial charge < -0.3 is 4.74 Å². The van der Waals surface area contributed by atoms with E-state index in [9.17, 15) is 4.39 Å². The van der Waals surface area contributed by atoms with Gasteiger partial charge in [0.15, 0.2) is 0 Å². The standard InChI is InChI=1S/C11H12FNO/c1-7(2)13-11-10-8(6-14-11)4-3-5-9(10)12/h3-5,7H,6H2,1-2H3. The molecule has 0 saturated heterocycles. The predicted molar refractivity (Wildman–Crippen MR) is 52.9 cm³/mol. The van der Waals surface area contributed by atoms with Crippen LogP contribution in [0.15, 0.2) is 23.2 Å². The second-order valence-electron chi connectivity index (χ2n) is 3.59. The van der Waals surface area contributed by atoms with Crippen LogP contribution >= 0.6 is 0 Å². The molecule has 1 aliphatic rings. The summed E-state index contributed by atoms with van der Waals surface area (Å²) in [5.74, 6) is 0.188. The molecule has 74 valence electrons. The Morgan fingerprint density at radius 2 is 2.21 bits per heavy atom. The van der Waals surface area contributed by atoms with Gasteiger partial charge in [-0.2, -0.15) is 0 Å². The number of hydrogen-bond donors (Lipinski definition) is 0. The number of halogens is 1. The normalized spacial score (nSPS) is 17.3. The van der Waals surface area contributed by atoms with Crippen molar-refractivity contribution < 1.29 is 9.13 Å². The summed E-state index contributed by atoms with van der Waals surface area (Å²) in [6, 6.07) is 5.11. The predicted octanol–water partition coefficient (Wildman–Crippen LogP) is 2.51. The molecule has 0 bridgehead atoms. The van der Waals surface area contributed by atoms with Crippen LogP contribution in [0.3, 0.4) is 0 Å². The molecule has 0 N–H and O–H groups in total. The number of aliphatic imine (C=N–C) groups is 1. The Balaban J connectivity index is 2.48. The minimum Gasteiger partial charge on any atom is -0.472 e. The number of fused-ring (bicyclic) bond motifs is 1. The topological polar surface area (TPSA) is 21.6 Å². The number of ether oxygens (including phenoxy) is 1. The van der Waals surface area contributed by atoms with Crippen LogP contribution in [-0.2, 0) is 11.3 Å². The Morgan fingerprint density at radius 3 is 2.93 bits per heavy atom. The maximum Gasteiger partial charge on any atom is 0.220 e. The monoisotopic (exact) mass is 193 g/mol. The Labute approximate surface area is 82.4 Å². The van der Waals surface area contributed by atoms with Crippen molar-refractivity contribution in [3.8, 4) is 0 Å². The molecule has 3 heteroatoms. The fraction of sp³-hybridized carbons (Fsp3) is 0.364. The highest BCUT2D eigenvalue weighted by molar-refractivity contribution is 5.97. The van der Waals surface area contributed by atoms with E-state index in [0.29, 0.717) is 18.1 Å². The van der Waals surface area contributed by atoms with Gasteiger partial charge in [-0.05, 0) is 19.9 Å². The van der Waals surface area contributed by atoms with Gasteiger partial charge in [0.05, 0.1) is 5.56 Å². The average molecular weight is 193 g/mol. The Morgan fingerprint density at radius 1 is 1.43 bits per heavy atom. The second kappa shape index (κ2) is 3.40. The summed E-state index contributed by atoms with van der Waals surface area (Å²) in [4.78, 5) is 4.23. The molecule has 2 nitrogen and oxygen atoms in total. The molecule has 0 atom stereocenters. The van der Waals surface area contributed by atoms with E-state index in [-0.39, 0.29) is 11.9 Å². The minimum atomic E-state index is -0.251. The third-order valence-electron chi connectivity index (χ3n) is 2.05. The summed E-state index contributed by atoms with van der Waals surface area (Å²) in [5, 5.41) is 0. The molecule has 1 aliphatic heterocycles. The lowest BCUT2D eigenvalue weighted by atomic mass is 10.1. The first-order valence-electron chi connectivity index (χ1n) is 4.67. The van der Waals surface area contributed by atoms with Gasteiger partial charge in [0.25, 0.3) is 0 Å². The average Bonchev–Trinajstić information content (AvgIpc) is 2.49. The SMILES string of the molecule is CC(C)N=C1OCc2cccc(F)c21. The van der Waals surface area contributed by atoms with Crippen molar-refractivity contribution >= 4 is 5.90 Å². The zero-order valence-corrected chi connectivity index (χ0v) is 8.25. The molecular formula is C11H12FNO. The van der Waals surface area contributed by atoms with Gasteiger partial charge in [0.1, 0.15) is 12.4 Å². The van der Waals surface area contributed by atoms with Gasteiger partial charge in [0.2, 0.25) is 5.90 Å². The lowest BCUT2D eigenvalue weighted by Crippen LogP contribution is -2.04. The lowest BCUT2D eigenvalue weighted by Gasteiger charge is -2.02. The molecule has 0 radical (unpaired) electrons. The summed E-state index contributed by atoms with van der Waals surface area (Å²) >= 11 is 0. The molecule has 0 saturated carbocycles. The fourth-order valence-electron chi connectivity index (χ4n) is 1.48. The molecule has 14 heavy (non-hydrogen) atoms. The summed E-state index contributed by atoms with van der Waals surface area (Å²) in [5.41, 5.74) is 1.41. The minimum absolute atomic E-state index is 0.121. The maximum absolute atomic E-state index is 13.4.